The normalized spacial score (nSPS) is 11.3. The smallest absolute Gasteiger partial charge is 0.408 e. The lowest BCUT2D eigenvalue weighted by atomic mass is 10.2. The molecular formula is C13H19N3O2. The lowest BCUT2D eigenvalue weighted by Crippen LogP contribution is -2.32. The maximum atomic E-state index is 11.1. The maximum absolute atomic E-state index is 11.1. The fourth-order valence-corrected chi connectivity index (χ4v) is 1.82. The molecule has 1 heterocycles. The fourth-order valence-electron chi connectivity index (χ4n) is 1.82. The molecule has 98 valence electrons. The molecule has 0 atom stereocenters. The van der Waals surface area contributed by atoms with Crippen molar-refractivity contribution in [2.24, 2.45) is 0 Å². The van der Waals surface area contributed by atoms with Gasteiger partial charge in [0.05, 0.1) is 5.52 Å². The summed E-state index contributed by atoms with van der Waals surface area (Å²) in [4.78, 5) is 15.8. The average Bonchev–Trinajstić information content (AvgIpc) is 2.67. The van der Waals surface area contributed by atoms with Crippen LogP contribution in [0.5, 0.6) is 0 Å². The maximum Gasteiger partial charge on any atom is 0.417 e. The van der Waals surface area contributed by atoms with Gasteiger partial charge in [0.25, 0.3) is 0 Å². The van der Waals surface area contributed by atoms with E-state index in [1.807, 2.05) is 25.2 Å². The van der Waals surface area contributed by atoms with E-state index >= 15 is 0 Å². The van der Waals surface area contributed by atoms with Crippen molar-refractivity contribution in [3.63, 3.8) is 0 Å². The van der Waals surface area contributed by atoms with Crippen molar-refractivity contribution in [3.05, 3.63) is 28.7 Å². The van der Waals surface area contributed by atoms with Crippen molar-refractivity contribution in [3.8, 4) is 0 Å². The van der Waals surface area contributed by atoms with Gasteiger partial charge in [-0.1, -0.05) is 13.8 Å². The van der Waals surface area contributed by atoms with Crippen molar-refractivity contribution in [1.29, 1.82) is 0 Å². The first-order valence-corrected chi connectivity index (χ1v) is 6.13. The van der Waals surface area contributed by atoms with Gasteiger partial charge >= 0.3 is 5.76 Å². The van der Waals surface area contributed by atoms with E-state index < -0.39 is 5.76 Å². The number of benzene rings is 1. The minimum Gasteiger partial charge on any atom is -0.408 e. The molecule has 2 aromatic rings. The highest BCUT2D eigenvalue weighted by Gasteiger charge is 2.05. The van der Waals surface area contributed by atoms with Gasteiger partial charge in [0.2, 0.25) is 0 Å². The third-order valence-electron chi connectivity index (χ3n) is 2.85. The Bertz CT molecular complexity index is 571. The van der Waals surface area contributed by atoms with Gasteiger partial charge in [0, 0.05) is 37.9 Å². The van der Waals surface area contributed by atoms with E-state index in [-0.39, 0.29) is 0 Å². The molecule has 0 aliphatic rings. The number of H-pyrrole nitrogens is 1. The van der Waals surface area contributed by atoms with Crippen LogP contribution in [0.3, 0.4) is 0 Å². The van der Waals surface area contributed by atoms with E-state index in [0.29, 0.717) is 11.6 Å². The summed E-state index contributed by atoms with van der Waals surface area (Å²) in [5.74, 6) is -0.411. The molecule has 5 nitrogen and oxygen atoms in total. The molecule has 2 N–H and O–H groups in total. The van der Waals surface area contributed by atoms with Crippen LogP contribution >= 0.6 is 0 Å². The standard InChI is InChI=1S/C13H19N3O2/c1-9(2)14-6-7-16(3)10-4-5-11-12(8-10)18-13(17)15-11/h4-5,8-9,14H,6-7H2,1-3H3,(H,15,17). The minimum atomic E-state index is -0.411. The average molecular weight is 249 g/mol. The van der Waals surface area contributed by atoms with Crippen LogP contribution in [0, 0.1) is 0 Å². The highest BCUT2D eigenvalue weighted by Crippen LogP contribution is 2.18. The number of rotatable bonds is 5. The number of likely N-dealkylation sites (N-methyl/N-ethyl adjacent to an activating group) is 1. The summed E-state index contributed by atoms with van der Waals surface area (Å²) in [6, 6.07) is 6.21. The lowest BCUT2D eigenvalue weighted by molar-refractivity contribution is 0.555. The molecule has 0 aliphatic carbocycles. The Morgan fingerprint density at radius 2 is 2.22 bits per heavy atom. The van der Waals surface area contributed by atoms with Crippen LogP contribution in [-0.4, -0.2) is 31.2 Å². The van der Waals surface area contributed by atoms with Crippen LogP contribution in [-0.2, 0) is 0 Å². The minimum absolute atomic E-state index is 0.411. The summed E-state index contributed by atoms with van der Waals surface area (Å²) >= 11 is 0. The van der Waals surface area contributed by atoms with Crippen molar-refractivity contribution in [2.75, 3.05) is 25.0 Å². The van der Waals surface area contributed by atoms with Crippen molar-refractivity contribution in [1.82, 2.24) is 10.3 Å². The number of nitrogens with zero attached hydrogens (tertiary/aromatic N) is 1. The number of hydrogen-bond donors (Lipinski definition) is 2. The van der Waals surface area contributed by atoms with E-state index in [4.69, 9.17) is 4.42 Å². The van der Waals surface area contributed by atoms with Gasteiger partial charge in [-0.25, -0.2) is 4.79 Å². The van der Waals surface area contributed by atoms with Gasteiger partial charge in [-0.3, -0.25) is 4.98 Å². The molecule has 0 unspecified atom stereocenters. The summed E-state index contributed by atoms with van der Waals surface area (Å²) in [6.45, 7) is 6.07. The van der Waals surface area contributed by atoms with Gasteiger partial charge in [0.15, 0.2) is 5.58 Å². The van der Waals surface area contributed by atoms with Gasteiger partial charge in [-0.15, -0.1) is 0 Å². The topological polar surface area (TPSA) is 61.3 Å². The molecule has 0 saturated heterocycles. The second-order valence-corrected chi connectivity index (χ2v) is 4.73. The molecule has 1 aromatic carbocycles. The van der Waals surface area contributed by atoms with E-state index in [1.165, 1.54) is 0 Å². The Morgan fingerprint density at radius 1 is 1.44 bits per heavy atom. The summed E-state index contributed by atoms with van der Waals surface area (Å²) in [7, 11) is 2.02. The predicted molar refractivity (Wildman–Crippen MR) is 73.2 cm³/mol. The molecule has 0 amide bonds. The summed E-state index contributed by atoms with van der Waals surface area (Å²) in [5.41, 5.74) is 2.37. The van der Waals surface area contributed by atoms with Crippen LogP contribution in [0.25, 0.3) is 11.1 Å². The number of anilines is 1. The molecule has 18 heavy (non-hydrogen) atoms. The first kappa shape index (κ1) is 12.7. The summed E-state index contributed by atoms with van der Waals surface area (Å²) in [5, 5.41) is 3.37. The van der Waals surface area contributed by atoms with Crippen LogP contribution in [0.1, 0.15) is 13.8 Å². The van der Waals surface area contributed by atoms with Crippen LogP contribution in [0.2, 0.25) is 0 Å². The van der Waals surface area contributed by atoms with Crippen LogP contribution in [0.15, 0.2) is 27.4 Å². The Kier molecular flexibility index (Phi) is 3.72. The fraction of sp³-hybridized carbons (Fsp3) is 0.462. The summed E-state index contributed by atoms with van der Waals surface area (Å²) < 4.78 is 5.05. The highest BCUT2D eigenvalue weighted by molar-refractivity contribution is 5.76. The Labute approximate surface area is 106 Å². The van der Waals surface area contributed by atoms with Crippen molar-refractivity contribution < 1.29 is 4.42 Å². The second-order valence-electron chi connectivity index (χ2n) is 4.73. The van der Waals surface area contributed by atoms with Gasteiger partial charge in [-0.05, 0) is 12.1 Å². The Morgan fingerprint density at radius 3 is 2.94 bits per heavy atom. The van der Waals surface area contributed by atoms with E-state index in [2.05, 4.69) is 29.0 Å². The van der Waals surface area contributed by atoms with Crippen LogP contribution < -0.4 is 16.0 Å². The molecule has 0 bridgehead atoms. The highest BCUT2D eigenvalue weighted by atomic mass is 16.4. The number of aromatic amines is 1. The largest absolute Gasteiger partial charge is 0.417 e. The number of nitrogens with one attached hydrogen (secondary N) is 2. The molecule has 0 aliphatic heterocycles. The lowest BCUT2D eigenvalue weighted by Gasteiger charge is -2.20. The zero-order chi connectivity index (χ0) is 13.1. The number of fused-ring (bicyclic) bond motifs is 1. The SMILES string of the molecule is CC(C)NCCN(C)c1ccc2[nH]c(=O)oc2c1. The second kappa shape index (κ2) is 5.27. The van der Waals surface area contributed by atoms with E-state index in [0.717, 1.165) is 24.3 Å². The Hall–Kier alpha value is -1.75. The Balaban J connectivity index is 2.07. The first-order valence-electron chi connectivity index (χ1n) is 6.13. The van der Waals surface area contributed by atoms with Gasteiger partial charge < -0.3 is 14.6 Å². The monoisotopic (exact) mass is 249 g/mol. The van der Waals surface area contributed by atoms with Crippen LogP contribution in [0.4, 0.5) is 5.69 Å². The summed E-state index contributed by atoms with van der Waals surface area (Å²) in [6.07, 6.45) is 0. The van der Waals surface area contributed by atoms with Crippen molar-refractivity contribution in [2.45, 2.75) is 19.9 Å². The molecule has 0 spiro atoms. The molecular weight excluding hydrogens is 230 g/mol. The zero-order valence-corrected chi connectivity index (χ0v) is 11.0. The molecule has 1 aromatic heterocycles. The number of oxazole rings is 1. The quantitative estimate of drug-likeness (QED) is 0.844. The molecule has 0 radical (unpaired) electrons. The molecule has 0 fully saturated rings. The molecule has 5 heteroatoms. The third-order valence-corrected chi connectivity index (χ3v) is 2.85. The first-order chi connectivity index (χ1) is 8.56. The van der Waals surface area contributed by atoms with E-state index in [1.54, 1.807) is 0 Å². The van der Waals surface area contributed by atoms with Gasteiger partial charge in [0.1, 0.15) is 0 Å². The third kappa shape index (κ3) is 2.92. The number of hydrogen-bond acceptors (Lipinski definition) is 4. The number of aromatic nitrogens is 1. The van der Waals surface area contributed by atoms with E-state index in [9.17, 15) is 4.79 Å². The zero-order valence-electron chi connectivity index (χ0n) is 11.0. The molecule has 0 saturated carbocycles. The predicted octanol–water partition coefficient (Wildman–Crippen LogP) is 1.56. The molecule has 2 rings (SSSR count). The van der Waals surface area contributed by atoms with Crippen molar-refractivity contribution >= 4 is 16.8 Å². The van der Waals surface area contributed by atoms with Gasteiger partial charge in [-0.2, -0.15) is 0 Å².